The van der Waals surface area contributed by atoms with Gasteiger partial charge in [-0.05, 0) is 48.7 Å². The van der Waals surface area contributed by atoms with Gasteiger partial charge in [0, 0.05) is 51.9 Å². The summed E-state index contributed by atoms with van der Waals surface area (Å²) >= 11 is 0. The standard InChI is InChI=1S/C32H41N5O5S/c1-4-36-13-14-37-15-16-43(40,41)35(2)28-19-25(20-29(36)31(28)37)32(39)34-27(18-23-9-6-5-7-10-23)30(38)22-33-21-24-11-8-12-26(17-24)42-3/h5-12,17,19-20,27,30,33,38H,4,13-16,18,21-22H2,1-3H3,(H,34,39)/t27-,30+/m0/s1. The monoisotopic (exact) mass is 607 g/mol. The fraction of sp³-hybridized carbons (Fsp3) is 0.406. The van der Waals surface area contributed by atoms with E-state index < -0.39 is 22.2 Å². The van der Waals surface area contributed by atoms with Crippen LogP contribution in [0.5, 0.6) is 5.75 Å². The van der Waals surface area contributed by atoms with Crippen LogP contribution in [-0.2, 0) is 23.0 Å². The Morgan fingerprint density at radius 2 is 1.74 bits per heavy atom. The number of carbonyl (C=O) groups is 1. The second-order valence-electron chi connectivity index (χ2n) is 11.0. The first-order chi connectivity index (χ1) is 20.7. The number of rotatable bonds is 11. The maximum Gasteiger partial charge on any atom is 0.251 e. The molecule has 1 amide bonds. The van der Waals surface area contributed by atoms with E-state index in [1.54, 1.807) is 20.2 Å². The van der Waals surface area contributed by atoms with Gasteiger partial charge in [0.1, 0.15) is 5.75 Å². The van der Waals surface area contributed by atoms with Crippen molar-refractivity contribution in [3.05, 3.63) is 83.4 Å². The molecule has 3 aromatic rings. The van der Waals surface area contributed by atoms with E-state index in [2.05, 4.69) is 27.4 Å². The molecular weight excluding hydrogens is 566 g/mol. The summed E-state index contributed by atoms with van der Waals surface area (Å²) in [5, 5.41) is 17.7. The van der Waals surface area contributed by atoms with Crippen LogP contribution in [0.15, 0.2) is 66.7 Å². The van der Waals surface area contributed by atoms with Crippen molar-refractivity contribution in [3.63, 3.8) is 0 Å². The van der Waals surface area contributed by atoms with Crippen LogP contribution in [0, 0.1) is 0 Å². The number of carbonyl (C=O) groups excluding carboxylic acids is 1. The lowest BCUT2D eigenvalue weighted by atomic mass is 9.99. The predicted molar refractivity (Wildman–Crippen MR) is 171 cm³/mol. The molecule has 3 N–H and O–H groups in total. The van der Waals surface area contributed by atoms with Crippen molar-refractivity contribution in [3.8, 4) is 5.75 Å². The molecule has 5 rings (SSSR count). The van der Waals surface area contributed by atoms with Gasteiger partial charge in [0.2, 0.25) is 10.0 Å². The van der Waals surface area contributed by atoms with Crippen LogP contribution in [0.4, 0.5) is 17.1 Å². The summed E-state index contributed by atoms with van der Waals surface area (Å²) in [5.41, 5.74) is 4.54. The number of methoxy groups -OCH3 is 1. The first-order valence-corrected chi connectivity index (χ1v) is 16.3. The lowest BCUT2D eigenvalue weighted by molar-refractivity contribution is 0.0830. The average Bonchev–Trinajstić information content (AvgIpc) is 3.11. The van der Waals surface area contributed by atoms with Crippen molar-refractivity contribution in [2.24, 2.45) is 0 Å². The maximum absolute atomic E-state index is 13.9. The molecule has 2 aliphatic heterocycles. The second-order valence-corrected chi connectivity index (χ2v) is 13.2. The minimum absolute atomic E-state index is 0.0133. The number of likely N-dealkylation sites (N-methyl/N-ethyl adjacent to an activating group) is 1. The molecule has 0 unspecified atom stereocenters. The van der Waals surface area contributed by atoms with Gasteiger partial charge in [0.15, 0.2) is 0 Å². The minimum atomic E-state index is -3.54. The molecule has 3 aromatic carbocycles. The van der Waals surface area contributed by atoms with E-state index in [-0.39, 0.29) is 18.2 Å². The van der Waals surface area contributed by atoms with E-state index in [0.717, 1.165) is 47.9 Å². The van der Waals surface area contributed by atoms with Gasteiger partial charge in [-0.15, -0.1) is 0 Å². The van der Waals surface area contributed by atoms with E-state index >= 15 is 0 Å². The van der Waals surface area contributed by atoms with Gasteiger partial charge in [-0.25, -0.2) is 8.42 Å². The summed E-state index contributed by atoms with van der Waals surface area (Å²) in [6, 6.07) is 20.4. The third-order valence-electron chi connectivity index (χ3n) is 8.28. The number of hydrogen-bond donors (Lipinski definition) is 3. The molecule has 2 aliphatic rings. The number of sulfonamides is 1. The summed E-state index contributed by atoms with van der Waals surface area (Å²) in [6.45, 7) is 5.43. The van der Waals surface area contributed by atoms with Gasteiger partial charge < -0.3 is 30.3 Å². The Balaban J connectivity index is 1.40. The number of nitrogens with zero attached hydrogens (tertiary/aromatic N) is 3. The van der Waals surface area contributed by atoms with Gasteiger partial charge >= 0.3 is 0 Å². The fourth-order valence-electron chi connectivity index (χ4n) is 5.77. The van der Waals surface area contributed by atoms with Gasteiger partial charge in [0.05, 0.1) is 42.1 Å². The van der Waals surface area contributed by atoms with Crippen LogP contribution in [0.25, 0.3) is 0 Å². The highest BCUT2D eigenvalue weighted by Gasteiger charge is 2.35. The molecule has 2 atom stereocenters. The Hall–Kier alpha value is -3.80. The van der Waals surface area contributed by atoms with Crippen molar-refractivity contribution in [2.45, 2.75) is 32.0 Å². The number of ether oxygens (including phenoxy) is 1. The molecule has 0 aromatic heterocycles. The third-order valence-corrected chi connectivity index (χ3v) is 10.0. The number of hydrogen-bond acceptors (Lipinski definition) is 8. The van der Waals surface area contributed by atoms with Crippen molar-refractivity contribution in [2.75, 3.05) is 66.7 Å². The van der Waals surface area contributed by atoms with E-state index in [4.69, 9.17) is 4.74 Å². The number of amides is 1. The SMILES string of the molecule is CCN1CCN2CCS(=O)(=O)N(C)c3cc(C(=O)N[C@@H](Cc4ccccc4)[C@H](O)CNCc4cccc(OC)c4)cc1c32. The Bertz CT molecular complexity index is 1530. The second kappa shape index (κ2) is 13.2. The maximum atomic E-state index is 13.9. The molecule has 43 heavy (non-hydrogen) atoms. The van der Waals surface area contributed by atoms with Crippen molar-refractivity contribution >= 4 is 33.0 Å². The van der Waals surface area contributed by atoms with Crippen molar-refractivity contribution in [1.82, 2.24) is 10.6 Å². The van der Waals surface area contributed by atoms with Crippen LogP contribution >= 0.6 is 0 Å². The van der Waals surface area contributed by atoms with Gasteiger partial charge in [-0.2, -0.15) is 0 Å². The molecule has 2 heterocycles. The van der Waals surface area contributed by atoms with E-state index in [1.807, 2.05) is 60.7 Å². The zero-order valence-corrected chi connectivity index (χ0v) is 25.8. The minimum Gasteiger partial charge on any atom is -0.497 e. The normalized spacial score (nSPS) is 17.1. The molecule has 0 radical (unpaired) electrons. The van der Waals surface area contributed by atoms with Crippen LogP contribution in [-0.4, -0.2) is 84.2 Å². The van der Waals surface area contributed by atoms with E-state index in [0.29, 0.717) is 30.8 Å². The highest BCUT2D eigenvalue weighted by atomic mass is 32.2. The Labute approximate surface area is 254 Å². The molecule has 0 fully saturated rings. The molecule has 0 saturated heterocycles. The summed E-state index contributed by atoms with van der Waals surface area (Å²) in [5.74, 6) is 0.409. The number of benzene rings is 3. The number of nitrogens with one attached hydrogen (secondary N) is 2. The van der Waals surface area contributed by atoms with Gasteiger partial charge in [0.25, 0.3) is 5.91 Å². The molecule has 0 saturated carbocycles. The Morgan fingerprint density at radius 1 is 1.00 bits per heavy atom. The first-order valence-electron chi connectivity index (χ1n) is 14.7. The number of anilines is 3. The molecule has 0 bridgehead atoms. The van der Waals surface area contributed by atoms with Crippen LogP contribution in [0.3, 0.4) is 0 Å². The highest BCUT2D eigenvalue weighted by Crippen LogP contribution is 2.44. The van der Waals surface area contributed by atoms with Gasteiger partial charge in [-0.1, -0.05) is 42.5 Å². The third kappa shape index (κ3) is 6.90. The summed E-state index contributed by atoms with van der Waals surface area (Å²) in [7, 11) is -0.363. The van der Waals surface area contributed by atoms with E-state index in [9.17, 15) is 18.3 Å². The van der Waals surface area contributed by atoms with Crippen LogP contribution < -0.4 is 29.5 Å². The number of aliphatic hydroxyl groups excluding tert-OH is 1. The molecule has 230 valence electrons. The highest BCUT2D eigenvalue weighted by molar-refractivity contribution is 7.92. The number of aliphatic hydroxyl groups is 1. The lowest BCUT2D eigenvalue weighted by Crippen LogP contribution is -2.48. The van der Waals surface area contributed by atoms with E-state index in [1.165, 1.54) is 4.31 Å². The Morgan fingerprint density at radius 3 is 2.49 bits per heavy atom. The Kier molecular flexibility index (Phi) is 9.43. The molecule has 10 nitrogen and oxygen atoms in total. The van der Waals surface area contributed by atoms with Crippen molar-refractivity contribution in [1.29, 1.82) is 0 Å². The van der Waals surface area contributed by atoms with Crippen LogP contribution in [0.2, 0.25) is 0 Å². The average molecular weight is 608 g/mol. The molecule has 0 aliphatic carbocycles. The zero-order chi connectivity index (χ0) is 30.6. The quantitative estimate of drug-likeness (QED) is 0.305. The zero-order valence-electron chi connectivity index (χ0n) is 25.0. The molecule has 11 heteroatoms. The summed E-state index contributed by atoms with van der Waals surface area (Å²) in [4.78, 5) is 18.1. The molecule has 0 spiro atoms. The predicted octanol–water partition coefficient (Wildman–Crippen LogP) is 2.61. The van der Waals surface area contributed by atoms with Crippen LogP contribution in [0.1, 0.15) is 28.4 Å². The van der Waals surface area contributed by atoms with Gasteiger partial charge in [-0.3, -0.25) is 9.10 Å². The topological polar surface area (TPSA) is 114 Å². The lowest BCUT2D eigenvalue weighted by Gasteiger charge is -2.39. The fourth-order valence-corrected chi connectivity index (χ4v) is 6.93. The largest absolute Gasteiger partial charge is 0.497 e. The smallest absolute Gasteiger partial charge is 0.251 e. The summed E-state index contributed by atoms with van der Waals surface area (Å²) in [6.07, 6.45) is -0.463. The van der Waals surface area contributed by atoms with Crippen molar-refractivity contribution < 1.29 is 23.1 Å². The summed E-state index contributed by atoms with van der Waals surface area (Å²) < 4.78 is 32.7. The molecular formula is C32H41N5O5S. The first kappa shape index (κ1) is 30.7.